The molecule has 0 amide bonds. The minimum atomic E-state index is -0.437. The molecule has 0 unspecified atom stereocenters. The minimum Gasteiger partial charge on any atom is -0.494 e. The monoisotopic (exact) mass is 534 g/mol. The maximum atomic E-state index is 12.1. The smallest absolute Gasteiger partial charge is 0.337 e. The van der Waals surface area contributed by atoms with E-state index in [9.17, 15) is 9.90 Å². The Morgan fingerprint density at radius 3 is 2.35 bits per heavy atom. The summed E-state index contributed by atoms with van der Waals surface area (Å²) in [6.45, 7) is 9.38. The van der Waals surface area contributed by atoms with Crippen LogP contribution in [0, 0.1) is 6.92 Å². The number of hydrogen-bond donors (Lipinski definition) is 2. The summed E-state index contributed by atoms with van der Waals surface area (Å²) in [4.78, 5) is 22.5. The van der Waals surface area contributed by atoms with Crippen LogP contribution in [0.25, 0.3) is 16.6 Å². The molecule has 2 aromatic heterocycles. The molecule has 0 aliphatic rings. The number of carbonyl (C=O) groups excluding carboxylic acids is 1. The van der Waals surface area contributed by atoms with E-state index in [0.717, 1.165) is 42.0 Å². The maximum Gasteiger partial charge on any atom is 0.337 e. The number of nitrogens with zero attached hydrogens (tertiary/aromatic N) is 3. The Bertz CT molecular complexity index is 1660. The SMILES string of the molecule is CCN(CC)Cc1ccc(C)n1-c1ccc(N=C(c2ccccc2)c2c(O)[nH]c3cc(C(=O)OC)ccc23)cc1. The second-order valence-corrected chi connectivity index (χ2v) is 9.71. The van der Waals surface area contributed by atoms with Crippen LogP contribution in [0.3, 0.4) is 0 Å². The first-order valence-electron chi connectivity index (χ1n) is 13.5. The molecule has 3 aromatic carbocycles. The third-order valence-corrected chi connectivity index (χ3v) is 7.27. The van der Waals surface area contributed by atoms with E-state index in [-0.39, 0.29) is 5.88 Å². The number of H-pyrrole nitrogens is 1. The summed E-state index contributed by atoms with van der Waals surface area (Å²) in [5.41, 5.74) is 7.36. The molecule has 7 heteroatoms. The number of aryl methyl sites for hydroxylation is 1. The number of hydrogen-bond acceptors (Lipinski definition) is 5. The van der Waals surface area contributed by atoms with E-state index in [1.54, 1.807) is 18.2 Å². The molecule has 0 saturated carbocycles. The Morgan fingerprint density at radius 1 is 0.950 bits per heavy atom. The molecule has 2 heterocycles. The van der Waals surface area contributed by atoms with Gasteiger partial charge in [0.2, 0.25) is 0 Å². The van der Waals surface area contributed by atoms with E-state index in [1.165, 1.54) is 18.5 Å². The molecule has 0 aliphatic carbocycles. The minimum absolute atomic E-state index is 0.0137. The Labute approximate surface area is 234 Å². The number of esters is 1. The molecular weight excluding hydrogens is 500 g/mol. The maximum absolute atomic E-state index is 12.1. The van der Waals surface area contributed by atoms with Gasteiger partial charge in [-0.3, -0.25) is 4.90 Å². The van der Waals surface area contributed by atoms with Crippen LogP contribution in [0.15, 0.2) is 89.9 Å². The number of methoxy groups -OCH3 is 1. The molecule has 0 aliphatic heterocycles. The van der Waals surface area contributed by atoms with Crippen molar-refractivity contribution in [3.05, 3.63) is 113 Å². The summed E-state index contributed by atoms with van der Waals surface area (Å²) in [5.74, 6) is -0.451. The summed E-state index contributed by atoms with van der Waals surface area (Å²) >= 11 is 0. The molecule has 0 bridgehead atoms. The summed E-state index contributed by atoms with van der Waals surface area (Å²) in [5, 5.41) is 11.8. The number of aromatic hydroxyl groups is 1. The summed E-state index contributed by atoms with van der Waals surface area (Å²) < 4.78 is 7.14. The molecule has 0 fully saturated rings. The van der Waals surface area contributed by atoms with Crippen molar-refractivity contribution < 1.29 is 14.6 Å². The second kappa shape index (κ2) is 11.6. The molecule has 7 nitrogen and oxygen atoms in total. The lowest BCUT2D eigenvalue weighted by atomic mass is 10.00. The van der Waals surface area contributed by atoms with Gasteiger partial charge in [-0.05, 0) is 68.5 Å². The standard InChI is InChI=1S/C33H34N4O3/c1-5-36(6-2)21-27-16-12-22(3)37(27)26-17-14-25(15-18-26)34-31(23-10-8-7-9-11-23)30-28-19-13-24(33(39)40-4)20-29(28)35-32(30)38/h7-20,35,38H,5-6,21H2,1-4H3. The van der Waals surface area contributed by atoms with Crippen LogP contribution in [0.4, 0.5) is 5.69 Å². The number of benzene rings is 3. The fraction of sp³-hybridized carbons (Fsp3) is 0.212. The van der Waals surface area contributed by atoms with Crippen LogP contribution in [0.5, 0.6) is 5.88 Å². The Balaban J connectivity index is 1.57. The first kappa shape index (κ1) is 27.0. The van der Waals surface area contributed by atoms with E-state index >= 15 is 0 Å². The van der Waals surface area contributed by atoms with Gasteiger partial charge in [0.05, 0.1) is 29.6 Å². The molecular formula is C33H34N4O3. The van der Waals surface area contributed by atoms with Crippen LogP contribution in [0.2, 0.25) is 0 Å². The van der Waals surface area contributed by atoms with Crippen LogP contribution >= 0.6 is 0 Å². The predicted molar refractivity (Wildman–Crippen MR) is 160 cm³/mol. The normalized spacial score (nSPS) is 11.9. The first-order chi connectivity index (χ1) is 19.4. The number of nitrogens with one attached hydrogen (secondary N) is 1. The molecule has 5 aromatic rings. The Kier molecular flexibility index (Phi) is 7.84. The highest BCUT2D eigenvalue weighted by molar-refractivity contribution is 6.22. The summed E-state index contributed by atoms with van der Waals surface area (Å²) in [6, 6.07) is 27.5. The van der Waals surface area contributed by atoms with Crippen molar-refractivity contribution in [2.24, 2.45) is 4.99 Å². The van der Waals surface area contributed by atoms with Crippen molar-refractivity contribution in [3.8, 4) is 11.6 Å². The Morgan fingerprint density at radius 2 is 1.68 bits per heavy atom. The molecule has 2 N–H and O–H groups in total. The van der Waals surface area contributed by atoms with Gasteiger partial charge in [0.1, 0.15) is 0 Å². The van der Waals surface area contributed by atoms with Crippen LogP contribution in [0.1, 0.15) is 46.7 Å². The van der Waals surface area contributed by atoms with Crippen LogP contribution in [-0.2, 0) is 11.3 Å². The fourth-order valence-corrected chi connectivity index (χ4v) is 5.10. The van der Waals surface area contributed by atoms with Gasteiger partial charge in [-0.25, -0.2) is 9.79 Å². The highest BCUT2D eigenvalue weighted by atomic mass is 16.5. The van der Waals surface area contributed by atoms with Gasteiger partial charge in [-0.2, -0.15) is 0 Å². The number of aromatic nitrogens is 2. The highest BCUT2D eigenvalue weighted by Crippen LogP contribution is 2.32. The number of rotatable bonds is 9. The highest BCUT2D eigenvalue weighted by Gasteiger charge is 2.20. The summed E-state index contributed by atoms with van der Waals surface area (Å²) in [6.07, 6.45) is 0. The van der Waals surface area contributed by atoms with Crippen LogP contribution in [-0.4, -0.2) is 51.4 Å². The largest absolute Gasteiger partial charge is 0.494 e. The number of aromatic amines is 1. The van der Waals surface area contributed by atoms with Gasteiger partial charge in [0.25, 0.3) is 0 Å². The van der Waals surface area contributed by atoms with Crippen molar-refractivity contribution in [2.45, 2.75) is 27.3 Å². The van der Waals surface area contributed by atoms with Crippen molar-refractivity contribution in [2.75, 3.05) is 20.2 Å². The van der Waals surface area contributed by atoms with Gasteiger partial charge in [0, 0.05) is 40.1 Å². The van der Waals surface area contributed by atoms with Gasteiger partial charge in [-0.15, -0.1) is 0 Å². The predicted octanol–water partition coefficient (Wildman–Crippen LogP) is 6.77. The zero-order valence-electron chi connectivity index (χ0n) is 23.3. The lowest BCUT2D eigenvalue weighted by molar-refractivity contribution is 0.0601. The van der Waals surface area contributed by atoms with E-state index in [4.69, 9.17) is 9.73 Å². The van der Waals surface area contributed by atoms with E-state index in [1.807, 2.05) is 42.5 Å². The lowest BCUT2D eigenvalue weighted by Crippen LogP contribution is -2.23. The van der Waals surface area contributed by atoms with Crippen molar-refractivity contribution in [3.63, 3.8) is 0 Å². The van der Waals surface area contributed by atoms with E-state index in [2.05, 4.69) is 59.5 Å². The molecule has 204 valence electrons. The summed E-state index contributed by atoms with van der Waals surface area (Å²) in [7, 11) is 1.35. The van der Waals surface area contributed by atoms with E-state index in [0.29, 0.717) is 22.4 Å². The van der Waals surface area contributed by atoms with Gasteiger partial charge >= 0.3 is 5.97 Å². The Hall–Kier alpha value is -4.62. The number of carbonyl (C=O) groups is 1. The third-order valence-electron chi connectivity index (χ3n) is 7.27. The quantitative estimate of drug-likeness (QED) is 0.161. The molecule has 0 radical (unpaired) electrons. The average molecular weight is 535 g/mol. The average Bonchev–Trinajstić information content (AvgIpc) is 3.52. The van der Waals surface area contributed by atoms with Gasteiger partial charge < -0.3 is 19.4 Å². The molecule has 0 atom stereocenters. The molecule has 40 heavy (non-hydrogen) atoms. The molecule has 0 saturated heterocycles. The first-order valence-corrected chi connectivity index (χ1v) is 13.5. The zero-order chi connectivity index (χ0) is 28.2. The number of ether oxygens (including phenoxy) is 1. The van der Waals surface area contributed by atoms with Gasteiger partial charge in [-0.1, -0.05) is 50.2 Å². The second-order valence-electron chi connectivity index (χ2n) is 9.71. The number of fused-ring (bicyclic) bond motifs is 1. The van der Waals surface area contributed by atoms with E-state index < -0.39 is 5.97 Å². The van der Waals surface area contributed by atoms with Crippen molar-refractivity contribution >= 4 is 28.3 Å². The topological polar surface area (TPSA) is 82.9 Å². The van der Waals surface area contributed by atoms with Crippen LogP contribution < -0.4 is 0 Å². The molecule has 0 spiro atoms. The lowest BCUT2D eigenvalue weighted by Gasteiger charge is -2.20. The van der Waals surface area contributed by atoms with Crippen molar-refractivity contribution in [1.82, 2.24) is 14.5 Å². The van der Waals surface area contributed by atoms with Crippen molar-refractivity contribution in [1.29, 1.82) is 0 Å². The molecule has 5 rings (SSSR count). The fourth-order valence-electron chi connectivity index (χ4n) is 5.10. The van der Waals surface area contributed by atoms with Gasteiger partial charge in [0.15, 0.2) is 5.88 Å². The number of aliphatic imine (C=N–C) groups is 1. The third kappa shape index (κ3) is 5.28. The zero-order valence-corrected chi connectivity index (χ0v) is 23.3.